The van der Waals surface area contributed by atoms with E-state index in [9.17, 15) is 13.9 Å². The SMILES string of the molecule is OC(c1cc(F)c(Cl)c(F)c1)C(Cl)Cl. The van der Waals surface area contributed by atoms with Crippen molar-refractivity contribution in [1.29, 1.82) is 0 Å². The maximum Gasteiger partial charge on any atom is 0.145 e. The molecule has 0 radical (unpaired) electrons. The zero-order valence-corrected chi connectivity index (χ0v) is 8.91. The molecule has 1 rings (SSSR count). The molecule has 1 aromatic carbocycles. The number of hydrogen-bond acceptors (Lipinski definition) is 1. The molecule has 78 valence electrons. The maximum absolute atomic E-state index is 12.9. The summed E-state index contributed by atoms with van der Waals surface area (Å²) in [5.74, 6) is -1.93. The quantitative estimate of drug-likeness (QED) is 0.638. The average molecular weight is 261 g/mol. The summed E-state index contributed by atoms with van der Waals surface area (Å²) in [6.45, 7) is 0. The normalized spacial score (nSPS) is 13.4. The molecular formula is C8H5Cl3F2O. The fourth-order valence-electron chi connectivity index (χ4n) is 0.891. The van der Waals surface area contributed by atoms with Crippen molar-refractivity contribution in [3.05, 3.63) is 34.4 Å². The van der Waals surface area contributed by atoms with Gasteiger partial charge in [0.05, 0.1) is 0 Å². The molecule has 0 saturated heterocycles. The van der Waals surface area contributed by atoms with Crippen LogP contribution < -0.4 is 0 Å². The van der Waals surface area contributed by atoms with E-state index in [2.05, 4.69) is 0 Å². The van der Waals surface area contributed by atoms with Crippen molar-refractivity contribution < 1.29 is 13.9 Å². The van der Waals surface area contributed by atoms with Crippen molar-refractivity contribution in [3.8, 4) is 0 Å². The topological polar surface area (TPSA) is 20.2 Å². The minimum atomic E-state index is -1.35. The van der Waals surface area contributed by atoms with Crippen molar-refractivity contribution in [2.75, 3.05) is 0 Å². The summed E-state index contributed by atoms with van der Waals surface area (Å²) in [5.41, 5.74) is -0.0561. The van der Waals surface area contributed by atoms with Crippen LogP contribution in [0.2, 0.25) is 5.02 Å². The van der Waals surface area contributed by atoms with E-state index < -0.39 is 27.6 Å². The van der Waals surface area contributed by atoms with Crippen molar-refractivity contribution in [2.24, 2.45) is 0 Å². The van der Waals surface area contributed by atoms with E-state index in [1.54, 1.807) is 0 Å². The summed E-state index contributed by atoms with van der Waals surface area (Å²) in [6.07, 6.45) is -1.35. The van der Waals surface area contributed by atoms with E-state index in [4.69, 9.17) is 34.8 Å². The molecule has 0 aliphatic rings. The fraction of sp³-hybridized carbons (Fsp3) is 0.250. The zero-order valence-electron chi connectivity index (χ0n) is 6.65. The molecule has 0 bridgehead atoms. The summed E-state index contributed by atoms with van der Waals surface area (Å²) < 4.78 is 25.8. The molecule has 6 heteroatoms. The van der Waals surface area contributed by atoms with E-state index in [0.29, 0.717) is 0 Å². The third kappa shape index (κ3) is 2.48. The van der Waals surface area contributed by atoms with Crippen molar-refractivity contribution in [3.63, 3.8) is 0 Å². The second-order valence-corrected chi connectivity index (χ2v) is 4.12. The van der Waals surface area contributed by atoms with Crippen LogP contribution in [0.5, 0.6) is 0 Å². The van der Waals surface area contributed by atoms with Gasteiger partial charge in [-0.25, -0.2) is 8.78 Å². The average Bonchev–Trinajstić information content (AvgIpc) is 2.12. The van der Waals surface area contributed by atoms with Crippen molar-refractivity contribution in [1.82, 2.24) is 0 Å². The van der Waals surface area contributed by atoms with E-state index in [1.165, 1.54) is 0 Å². The van der Waals surface area contributed by atoms with Gasteiger partial charge in [-0.15, -0.1) is 23.2 Å². The lowest BCUT2D eigenvalue weighted by Crippen LogP contribution is -2.07. The Morgan fingerprint density at radius 2 is 1.57 bits per heavy atom. The Kier molecular flexibility index (Phi) is 3.95. The molecule has 0 fully saturated rings. The van der Waals surface area contributed by atoms with Crippen LogP contribution in [0.25, 0.3) is 0 Å². The molecule has 1 unspecified atom stereocenters. The first-order valence-electron chi connectivity index (χ1n) is 3.54. The van der Waals surface area contributed by atoms with E-state index >= 15 is 0 Å². The first-order valence-corrected chi connectivity index (χ1v) is 4.79. The van der Waals surface area contributed by atoms with Crippen LogP contribution in [0, 0.1) is 11.6 Å². The fourth-order valence-corrected chi connectivity index (χ4v) is 1.29. The van der Waals surface area contributed by atoms with Crippen molar-refractivity contribution >= 4 is 34.8 Å². The Labute approximate surface area is 94.2 Å². The number of benzene rings is 1. The number of hydrogen-bond donors (Lipinski definition) is 1. The lowest BCUT2D eigenvalue weighted by molar-refractivity contribution is 0.192. The Morgan fingerprint density at radius 3 is 1.93 bits per heavy atom. The van der Waals surface area contributed by atoms with Gasteiger partial charge in [0.15, 0.2) is 0 Å². The number of halogens is 5. The minimum Gasteiger partial charge on any atom is -0.386 e. The van der Waals surface area contributed by atoms with Gasteiger partial charge in [0, 0.05) is 0 Å². The van der Waals surface area contributed by atoms with Crippen LogP contribution in [-0.2, 0) is 0 Å². The van der Waals surface area contributed by atoms with Crippen LogP contribution in [0.15, 0.2) is 12.1 Å². The van der Waals surface area contributed by atoms with E-state index in [0.717, 1.165) is 12.1 Å². The van der Waals surface area contributed by atoms with Gasteiger partial charge in [0.2, 0.25) is 0 Å². The standard InChI is InChI=1S/C8H5Cl3F2O/c9-6-4(12)1-3(2-5(6)13)7(14)8(10)11/h1-2,7-8,14H. The zero-order chi connectivity index (χ0) is 10.9. The predicted molar refractivity (Wildman–Crippen MR) is 51.8 cm³/mol. The van der Waals surface area contributed by atoms with Crippen LogP contribution >= 0.6 is 34.8 Å². The summed E-state index contributed by atoms with van der Waals surface area (Å²) in [4.78, 5) is -1.16. The second-order valence-electron chi connectivity index (χ2n) is 2.58. The number of aliphatic hydroxyl groups is 1. The minimum absolute atomic E-state index is 0.0561. The maximum atomic E-state index is 12.9. The largest absolute Gasteiger partial charge is 0.386 e. The molecule has 0 aliphatic heterocycles. The molecule has 0 saturated carbocycles. The molecule has 0 aromatic heterocycles. The van der Waals surface area contributed by atoms with Crippen LogP contribution in [0.4, 0.5) is 8.78 Å². The first-order chi connectivity index (χ1) is 6.43. The van der Waals surface area contributed by atoms with Gasteiger partial charge in [0.25, 0.3) is 0 Å². The van der Waals surface area contributed by atoms with Crippen LogP contribution in [0.1, 0.15) is 11.7 Å². The highest BCUT2D eigenvalue weighted by Gasteiger charge is 2.19. The lowest BCUT2D eigenvalue weighted by atomic mass is 10.1. The van der Waals surface area contributed by atoms with Crippen molar-refractivity contribution in [2.45, 2.75) is 10.9 Å². The molecule has 1 N–H and O–H groups in total. The summed E-state index contributed by atoms with van der Waals surface area (Å²) in [7, 11) is 0. The van der Waals surface area contributed by atoms with Crippen LogP contribution in [-0.4, -0.2) is 9.94 Å². The van der Waals surface area contributed by atoms with Gasteiger partial charge in [0.1, 0.15) is 27.6 Å². The third-order valence-electron chi connectivity index (χ3n) is 1.59. The highest BCUT2D eigenvalue weighted by Crippen LogP contribution is 2.28. The lowest BCUT2D eigenvalue weighted by Gasteiger charge is -2.12. The third-order valence-corrected chi connectivity index (χ3v) is 2.42. The Balaban J connectivity index is 3.12. The van der Waals surface area contributed by atoms with Gasteiger partial charge in [-0.2, -0.15) is 0 Å². The predicted octanol–water partition coefficient (Wildman–Crippen LogP) is 3.46. The summed E-state index contributed by atoms with van der Waals surface area (Å²) >= 11 is 15.9. The molecule has 0 heterocycles. The molecule has 0 spiro atoms. The molecular weight excluding hydrogens is 256 g/mol. The molecule has 14 heavy (non-hydrogen) atoms. The second kappa shape index (κ2) is 4.62. The Bertz CT molecular complexity index is 320. The van der Waals surface area contributed by atoms with E-state index in [-0.39, 0.29) is 5.56 Å². The summed E-state index contributed by atoms with van der Waals surface area (Å²) in [5, 5.41) is 8.67. The highest BCUT2D eigenvalue weighted by atomic mass is 35.5. The van der Waals surface area contributed by atoms with Gasteiger partial charge in [-0.05, 0) is 17.7 Å². The van der Waals surface area contributed by atoms with Gasteiger partial charge in [-0.1, -0.05) is 11.6 Å². The Hall–Kier alpha value is -0.0900. The first kappa shape index (κ1) is 12.0. The number of aliphatic hydroxyl groups excluding tert-OH is 1. The number of rotatable bonds is 2. The molecule has 1 aromatic rings. The molecule has 0 amide bonds. The van der Waals surface area contributed by atoms with Gasteiger partial charge in [-0.3, -0.25) is 0 Å². The monoisotopic (exact) mass is 260 g/mol. The van der Waals surface area contributed by atoms with Gasteiger partial charge < -0.3 is 5.11 Å². The molecule has 1 nitrogen and oxygen atoms in total. The molecule has 1 atom stereocenters. The highest BCUT2D eigenvalue weighted by molar-refractivity contribution is 6.44. The van der Waals surface area contributed by atoms with E-state index in [1.807, 2.05) is 0 Å². The molecule has 0 aliphatic carbocycles. The summed E-state index contributed by atoms with van der Waals surface area (Å²) in [6, 6.07) is 1.77. The van der Waals surface area contributed by atoms with Gasteiger partial charge >= 0.3 is 0 Å². The number of alkyl halides is 2. The Morgan fingerprint density at radius 1 is 1.14 bits per heavy atom. The smallest absolute Gasteiger partial charge is 0.145 e. The van der Waals surface area contributed by atoms with Crippen LogP contribution in [0.3, 0.4) is 0 Å².